The van der Waals surface area contributed by atoms with Crippen LogP contribution in [0.1, 0.15) is 107 Å². The zero-order chi connectivity index (χ0) is 51.5. The van der Waals surface area contributed by atoms with Crippen LogP contribution in [-0.4, -0.2) is 32.4 Å². The smallest absolute Gasteiger partial charge is 0.116 e. The first-order valence-corrected chi connectivity index (χ1v) is 27.4. The quantitative estimate of drug-likeness (QED) is 0.0557. The van der Waals surface area contributed by atoms with Gasteiger partial charge in [-0.25, -0.2) is 0 Å². The second kappa shape index (κ2) is 23.1. The summed E-state index contributed by atoms with van der Waals surface area (Å²) in [6.07, 6.45) is 20.4. The largest absolute Gasteiger partial charge is 0.514 e. The molecule has 5 heterocycles. The minimum atomic E-state index is 0. The SMILES string of the molecule is CC(C)c1cc(-c2ccccc2)cc(C(C)C)c1-n1c(CCCCCCCc2c[c-]c(N3C=CN(CCCCN4C=CN(c5[c-]ccc6c5oc5ccccc56)[CH-]4)[CH-]3)c3oc4ccccc4c23)cnc1-c1[c-]cccc1.[Ir]. The van der Waals surface area contributed by atoms with E-state index in [1.54, 1.807) is 0 Å². The molecule has 0 atom stereocenters. The van der Waals surface area contributed by atoms with Crippen molar-refractivity contribution in [1.29, 1.82) is 0 Å². The molecule has 7 aromatic carbocycles. The Labute approximate surface area is 467 Å². The Morgan fingerprint density at radius 2 is 1.16 bits per heavy atom. The molecule has 0 bridgehead atoms. The number of hydrogen-bond acceptors (Lipinski definition) is 7. The Morgan fingerprint density at radius 1 is 0.545 bits per heavy atom. The van der Waals surface area contributed by atoms with Gasteiger partial charge in [-0.05, 0) is 122 Å². The summed E-state index contributed by atoms with van der Waals surface area (Å²) < 4.78 is 15.4. The van der Waals surface area contributed by atoms with E-state index in [-0.39, 0.29) is 20.1 Å². The molecule has 0 unspecified atom stereocenters. The molecule has 12 rings (SSSR count). The Balaban J connectivity index is 0.00000631. The van der Waals surface area contributed by atoms with Gasteiger partial charge >= 0.3 is 0 Å². The molecule has 1 radical (unpaired) electrons. The van der Waals surface area contributed by atoms with Gasteiger partial charge in [-0.2, -0.15) is 43.7 Å². The number of benzene rings is 7. The van der Waals surface area contributed by atoms with Crippen molar-refractivity contribution < 1.29 is 28.9 Å². The number of rotatable bonds is 20. The van der Waals surface area contributed by atoms with Crippen LogP contribution in [-0.2, 0) is 32.9 Å². The summed E-state index contributed by atoms with van der Waals surface area (Å²) in [5.74, 6) is 1.61. The van der Waals surface area contributed by atoms with Gasteiger partial charge in [-0.3, -0.25) is 4.98 Å². The summed E-state index contributed by atoms with van der Waals surface area (Å²) in [5.41, 5.74) is 15.5. The fourth-order valence-electron chi connectivity index (χ4n) is 11.3. The Kier molecular flexibility index (Phi) is 15.5. The molecule has 3 aromatic heterocycles. The molecule has 0 N–H and O–H groups in total. The van der Waals surface area contributed by atoms with E-state index in [2.05, 4.69) is 218 Å². The van der Waals surface area contributed by atoms with Gasteiger partial charge in [0.05, 0.1) is 5.82 Å². The number of nitrogens with zero attached hydrogens (tertiary/aromatic N) is 6. The molecular weight excluding hydrogens is 1130 g/mol. The zero-order valence-corrected chi connectivity index (χ0v) is 46.9. The van der Waals surface area contributed by atoms with E-state index in [1.807, 2.05) is 30.3 Å². The second-order valence-electron chi connectivity index (χ2n) is 21.1. The number of unbranched alkanes of at least 4 members (excludes halogenated alkanes) is 5. The van der Waals surface area contributed by atoms with E-state index in [9.17, 15) is 0 Å². The number of imidazole rings is 1. The van der Waals surface area contributed by atoms with Crippen LogP contribution >= 0.6 is 0 Å². The summed E-state index contributed by atoms with van der Waals surface area (Å²) >= 11 is 0. The number of anilines is 2. The summed E-state index contributed by atoms with van der Waals surface area (Å²) in [6.45, 7) is 15.4. The van der Waals surface area contributed by atoms with Crippen LogP contribution < -0.4 is 9.80 Å². The van der Waals surface area contributed by atoms with E-state index in [0.29, 0.717) is 11.8 Å². The molecular formula is C68H65IrN6O2-5. The van der Waals surface area contributed by atoms with Gasteiger partial charge in [0, 0.05) is 59.6 Å². The summed E-state index contributed by atoms with van der Waals surface area (Å²) in [6, 6.07) is 57.4. The van der Waals surface area contributed by atoms with E-state index in [1.165, 1.54) is 56.4 Å². The van der Waals surface area contributed by atoms with Gasteiger partial charge in [-0.1, -0.05) is 149 Å². The number of aryl methyl sites for hydroxylation is 2. The maximum atomic E-state index is 6.66. The first-order chi connectivity index (χ1) is 37.4. The van der Waals surface area contributed by atoms with Crippen molar-refractivity contribution in [2.24, 2.45) is 0 Å². The monoisotopic (exact) mass is 1190 g/mol. The fraction of sp³-hybridized carbons (Fsp3) is 0.250. The minimum Gasteiger partial charge on any atom is -0.514 e. The summed E-state index contributed by atoms with van der Waals surface area (Å²) in [7, 11) is 0. The molecule has 9 heteroatoms. The van der Waals surface area contributed by atoms with Gasteiger partial charge in [0.1, 0.15) is 11.2 Å². The average molecular weight is 1190 g/mol. The van der Waals surface area contributed by atoms with Gasteiger partial charge in [-0.15, -0.1) is 41.5 Å². The van der Waals surface area contributed by atoms with Gasteiger partial charge in [0.2, 0.25) is 0 Å². The van der Waals surface area contributed by atoms with E-state index < -0.39 is 0 Å². The van der Waals surface area contributed by atoms with Crippen molar-refractivity contribution >= 4 is 55.3 Å². The third-order valence-corrected chi connectivity index (χ3v) is 15.2. The van der Waals surface area contributed by atoms with Crippen molar-refractivity contribution in [3.8, 4) is 28.2 Å². The molecule has 0 saturated heterocycles. The van der Waals surface area contributed by atoms with E-state index in [4.69, 9.17) is 13.8 Å². The maximum absolute atomic E-state index is 6.66. The van der Waals surface area contributed by atoms with E-state index >= 15 is 0 Å². The number of para-hydroxylation sites is 2. The fourth-order valence-corrected chi connectivity index (χ4v) is 11.3. The molecule has 10 aromatic rings. The molecule has 0 saturated carbocycles. The standard InChI is InChI=1S/C68H65N6O2.Ir/c1-48(2)58-43-53(50-23-11-8-12-24-50)44-59(49(3)4)65(58)74-54(45-69-68(74)52-26-13-9-14-27-52)28-15-7-5-6-10-25-51-35-36-61(67-64(51)57-30-17-19-34-63(57)76-67)73-42-40-71(47-73)38-21-20-37-70-39-41-72(46-70)60-32-22-31-56-55-29-16-18-33-62(55)75-66(56)60;/h8-9,11-14,16-19,22-24,26,29-31,33-35,39-49H,5-7,10,15,20-21,25,28,37-38H2,1-4H3;/q-5;. The van der Waals surface area contributed by atoms with Crippen LogP contribution in [0.25, 0.3) is 72.1 Å². The van der Waals surface area contributed by atoms with Gasteiger partial charge in [0.15, 0.2) is 0 Å². The normalized spacial score (nSPS) is 13.6. The molecule has 2 aliphatic heterocycles. The first-order valence-electron chi connectivity index (χ1n) is 27.4. The van der Waals surface area contributed by atoms with Crippen LogP contribution in [0.2, 0.25) is 0 Å². The second-order valence-corrected chi connectivity index (χ2v) is 21.1. The molecule has 0 aliphatic carbocycles. The van der Waals surface area contributed by atoms with Crippen LogP contribution in [0, 0.1) is 31.5 Å². The van der Waals surface area contributed by atoms with E-state index in [0.717, 1.165) is 120 Å². The first kappa shape index (κ1) is 51.8. The van der Waals surface area contributed by atoms with Crippen LogP contribution in [0.15, 0.2) is 173 Å². The van der Waals surface area contributed by atoms with Crippen LogP contribution in [0.4, 0.5) is 11.4 Å². The summed E-state index contributed by atoms with van der Waals surface area (Å²) in [5, 5.41) is 4.61. The van der Waals surface area contributed by atoms with Crippen molar-refractivity contribution in [2.75, 3.05) is 22.9 Å². The predicted molar refractivity (Wildman–Crippen MR) is 312 cm³/mol. The van der Waals surface area contributed by atoms with Crippen LogP contribution in [0.3, 0.4) is 0 Å². The predicted octanol–water partition coefficient (Wildman–Crippen LogP) is 17.3. The Morgan fingerprint density at radius 3 is 1.84 bits per heavy atom. The summed E-state index contributed by atoms with van der Waals surface area (Å²) in [4.78, 5) is 13.9. The molecule has 0 spiro atoms. The Bertz CT molecular complexity index is 3670. The van der Waals surface area contributed by atoms with Crippen LogP contribution in [0.5, 0.6) is 0 Å². The van der Waals surface area contributed by atoms with Gasteiger partial charge in [0.25, 0.3) is 0 Å². The molecule has 0 amide bonds. The third-order valence-electron chi connectivity index (χ3n) is 15.2. The zero-order valence-electron chi connectivity index (χ0n) is 44.5. The molecule has 0 fully saturated rings. The minimum absolute atomic E-state index is 0. The van der Waals surface area contributed by atoms with Crippen molar-refractivity contribution in [2.45, 2.75) is 97.3 Å². The van der Waals surface area contributed by atoms with Crippen molar-refractivity contribution in [3.63, 3.8) is 0 Å². The molecule has 77 heavy (non-hydrogen) atoms. The molecule has 393 valence electrons. The number of fused-ring (bicyclic) bond motifs is 6. The van der Waals surface area contributed by atoms with Crippen molar-refractivity contribution in [1.82, 2.24) is 19.4 Å². The third kappa shape index (κ3) is 10.6. The molecule has 2 aliphatic rings. The number of aromatic nitrogens is 2. The molecule has 8 nitrogen and oxygen atoms in total. The number of furan rings is 2. The number of hydrogen-bond donors (Lipinski definition) is 0. The average Bonchev–Trinajstić information content (AvgIpc) is 4.32. The topological polar surface area (TPSA) is 57.1 Å². The van der Waals surface area contributed by atoms with Crippen molar-refractivity contribution in [3.05, 3.63) is 218 Å². The maximum Gasteiger partial charge on any atom is 0.116 e. The van der Waals surface area contributed by atoms with Gasteiger partial charge < -0.3 is 33.0 Å². The Hall–Kier alpha value is -7.32.